The average Bonchev–Trinajstić information content (AvgIpc) is 2.46. The fourth-order valence-corrected chi connectivity index (χ4v) is 3.68. The lowest BCUT2D eigenvalue weighted by Crippen LogP contribution is -2.14. The molecule has 2 rings (SSSR count). The van der Waals surface area contributed by atoms with Crippen molar-refractivity contribution in [1.29, 1.82) is 0 Å². The van der Waals surface area contributed by atoms with Crippen molar-refractivity contribution in [2.75, 3.05) is 6.54 Å². The normalized spacial score (nSPS) is 10.9. The Bertz CT molecular complexity index is 616. The van der Waals surface area contributed by atoms with Gasteiger partial charge in [0.25, 0.3) is 0 Å². The number of hydrogen-bond acceptors (Lipinski definition) is 2. The van der Waals surface area contributed by atoms with Gasteiger partial charge in [-0.05, 0) is 48.9 Å². The van der Waals surface area contributed by atoms with Gasteiger partial charge in [-0.2, -0.15) is 0 Å². The van der Waals surface area contributed by atoms with Crippen molar-refractivity contribution >= 4 is 46.6 Å². The van der Waals surface area contributed by atoms with Gasteiger partial charge in [0.15, 0.2) is 0 Å². The van der Waals surface area contributed by atoms with Gasteiger partial charge in [0.05, 0.1) is 5.02 Å². The first-order chi connectivity index (χ1) is 10.1. The van der Waals surface area contributed by atoms with Gasteiger partial charge < -0.3 is 5.32 Å². The third-order valence-electron chi connectivity index (χ3n) is 2.92. The Morgan fingerprint density at radius 1 is 1.00 bits per heavy atom. The second-order valence-corrected chi connectivity index (χ2v) is 6.90. The molecule has 0 fully saturated rings. The van der Waals surface area contributed by atoms with Crippen molar-refractivity contribution in [3.05, 3.63) is 57.0 Å². The van der Waals surface area contributed by atoms with E-state index in [0.29, 0.717) is 10.0 Å². The highest BCUT2D eigenvalue weighted by Gasteiger charge is 2.10. The molecule has 1 nitrogen and oxygen atoms in total. The topological polar surface area (TPSA) is 12.0 Å². The van der Waals surface area contributed by atoms with Gasteiger partial charge in [-0.15, -0.1) is 0 Å². The van der Waals surface area contributed by atoms with Gasteiger partial charge in [-0.25, -0.2) is 0 Å². The Labute approximate surface area is 145 Å². The van der Waals surface area contributed by atoms with Crippen molar-refractivity contribution in [2.45, 2.75) is 29.7 Å². The molecule has 2 aromatic rings. The van der Waals surface area contributed by atoms with Crippen molar-refractivity contribution in [1.82, 2.24) is 5.32 Å². The van der Waals surface area contributed by atoms with Crippen molar-refractivity contribution in [3.63, 3.8) is 0 Å². The van der Waals surface area contributed by atoms with Crippen LogP contribution in [0.5, 0.6) is 0 Å². The minimum Gasteiger partial charge on any atom is -0.313 e. The maximum Gasteiger partial charge on any atom is 0.0546 e. The van der Waals surface area contributed by atoms with E-state index < -0.39 is 0 Å². The van der Waals surface area contributed by atoms with Crippen LogP contribution in [-0.2, 0) is 6.54 Å². The third kappa shape index (κ3) is 4.80. The van der Waals surface area contributed by atoms with E-state index in [2.05, 4.69) is 18.3 Å². The summed E-state index contributed by atoms with van der Waals surface area (Å²) in [5.74, 6) is 0. The van der Waals surface area contributed by atoms with Crippen molar-refractivity contribution < 1.29 is 0 Å². The first-order valence-electron chi connectivity index (χ1n) is 6.73. The molecule has 2 aromatic carbocycles. The number of hydrogen-bond donors (Lipinski definition) is 1. The number of rotatable bonds is 6. The lowest BCUT2D eigenvalue weighted by Gasteiger charge is -2.13. The predicted molar refractivity (Wildman–Crippen MR) is 94.0 cm³/mol. The highest BCUT2D eigenvalue weighted by atomic mass is 35.5. The van der Waals surface area contributed by atoms with Crippen LogP contribution in [0.4, 0.5) is 0 Å². The quantitative estimate of drug-likeness (QED) is 0.607. The minimum atomic E-state index is 0.676. The van der Waals surface area contributed by atoms with Crippen LogP contribution in [0.25, 0.3) is 0 Å². The molecule has 0 saturated heterocycles. The zero-order valence-electron chi connectivity index (χ0n) is 11.6. The van der Waals surface area contributed by atoms with E-state index >= 15 is 0 Å². The van der Waals surface area contributed by atoms with E-state index in [-0.39, 0.29) is 0 Å². The second-order valence-electron chi connectivity index (χ2n) is 4.57. The molecule has 1 N–H and O–H groups in total. The van der Waals surface area contributed by atoms with E-state index in [1.807, 2.05) is 24.3 Å². The summed E-state index contributed by atoms with van der Waals surface area (Å²) < 4.78 is 0. The van der Waals surface area contributed by atoms with Gasteiger partial charge in [-0.3, -0.25) is 0 Å². The molecule has 0 heterocycles. The summed E-state index contributed by atoms with van der Waals surface area (Å²) in [5, 5.41) is 5.52. The first kappa shape index (κ1) is 17.0. The summed E-state index contributed by atoms with van der Waals surface area (Å²) in [6, 6.07) is 11.4. The molecular formula is C16H16Cl3NS. The number of nitrogens with one attached hydrogen (secondary N) is 1. The van der Waals surface area contributed by atoms with Crippen molar-refractivity contribution in [2.24, 2.45) is 0 Å². The zero-order chi connectivity index (χ0) is 15.2. The lowest BCUT2D eigenvalue weighted by molar-refractivity contribution is 0.669. The number of benzene rings is 2. The second kappa shape index (κ2) is 8.30. The Kier molecular flexibility index (Phi) is 6.72. The van der Waals surface area contributed by atoms with E-state index in [0.717, 1.165) is 39.9 Å². The Balaban J connectivity index is 2.26. The molecule has 0 aliphatic heterocycles. The third-order valence-corrected chi connectivity index (χ3v) is 5.11. The highest BCUT2D eigenvalue weighted by Crippen LogP contribution is 2.38. The maximum atomic E-state index is 6.33. The first-order valence-corrected chi connectivity index (χ1v) is 8.68. The standard InChI is InChI=1S/C16H16Cl3NS/c1-2-8-20-10-12-13(18)4-3-5-15(12)21-16-9-11(17)6-7-14(16)19/h3-7,9,20H,2,8,10H2,1H3. The van der Waals surface area contributed by atoms with Gasteiger partial charge in [0, 0.05) is 26.4 Å². The lowest BCUT2D eigenvalue weighted by atomic mass is 10.2. The average molecular weight is 361 g/mol. The Morgan fingerprint density at radius 2 is 1.81 bits per heavy atom. The van der Waals surface area contributed by atoms with Gasteiger partial charge in [0.2, 0.25) is 0 Å². The Morgan fingerprint density at radius 3 is 2.57 bits per heavy atom. The highest BCUT2D eigenvalue weighted by molar-refractivity contribution is 7.99. The molecule has 0 atom stereocenters. The van der Waals surface area contributed by atoms with E-state index in [1.165, 1.54) is 0 Å². The largest absolute Gasteiger partial charge is 0.313 e. The molecule has 112 valence electrons. The van der Waals surface area contributed by atoms with Gasteiger partial charge >= 0.3 is 0 Å². The molecule has 0 aliphatic rings. The van der Waals surface area contributed by atoms with Crippen LogP contribution in [0.1, 0.15) is 18.9 Å². The van der Waals surface area contributed by atoms with E-state index in [4.69, 9.17) is 34.8 Å². The molecule has 0 aromatic heterocycles. The minimum absolute atomic E-state index is 0.676. The molecule has 0 unspecified atom stereocenters. The summed E-state index contributed by atoms with van der Waals surface area (Å²) in [6.45, 7) is 3.85. The summed E-state index contributed by atoms with van der Waals surface area (Å²) >= 11 is 20.2. The van der Waals surface area contributed by atoms with Gasteiger partial charge in [0.1, 0.15) is 0 Å². The van der Waals surface area contributed by atoms with Crippen LogP contribution in [0.3, 0.4) is 0 Å². The molecule has 0 radical (unpaired) electrons. The van der Waals surface area contributed by atoms with Crippen LogP contribution < -0.4 is 5.32 Å². The van der Waals surface area contributed by atoms with Crippen LogP contribution in [0.2, 0.25) is 15.1 Å². The van der Waals surface area contributed by atoms with E-state index in [9.17, 15) is 0 Å². The molecule has 0 bridgehead atoms. The molecule has 5 heteroatoms. The van der Waals surface area contributed by atoms with Gasteiger partial charge in [-0.1, -0.05) is 59.6 Å². The summed E-state index contributed by atoms with van der Waals surface area (Å²) in [7, 11) is 0. The van der Waals surface area contributed by atoms with E-state index in [1.54, 1.807) is 17.8 Å². The van der Waals surface area contributed by atoms with Crippen molar-refractivity contribution in [3.8, 4) is 0 Å². The molecule has 0 amide bonds. The summed E-state index contributed by atoms with van der Waals surface area (Å²) in [4.78, 5) is 2.03. The van der Waals surface area contributed by atoms with Crippen LogP contribution in [0, 0.1) is 0 Å². The predicted octanol–water partition coefficient (Wildman–Crippen LogP) is 6.30. The molecule has 0 spiro atoms. The maximum absolute atomic E-state index is 6.33. The smallest absolute Gasteiger partial charge is 0.0546 e. The molecular weight excluding hydrogens is 345 g/mol. The molecule has 0 saturated carbocycles. The monoisotopic (exact) mass is 359 g/mol. The SMILES string of the molecule is CCCNCc1c(Cl)cccc1Sc1cc(Cl)ccc1Cl. The van der Waals surface area contributed by atoms with Crippen LogP contribution >= 0.6 is 46.6 Å². The van der Waals surface area contributed by atoms with Crippen LogP contribution in [-0.4, -0.2) is 6.54 Å². The number of halogens is 3. The molecule has 21 heavy (non-hydrogen) atoms. The summed E-state index contributed by atoms with van der Waals surface area (Å²) in [6.07, 6.45) is 1.09. The Hall–Kier alpha value is -0.380. The summed E-state index contributed by atoms with van der Waals surface area (Å²) in [5.41, 5.74) is 1.09. The fourth-order valence-electron chi connectivity index (χ4n) is 1.87. The van der Waals surface area contributed by atoms with Crippen LogP contribution in [0.15, 0.2) is 46.2 Å². The zero-order valence-corrected chi connectivity index (χ0v) is 14.7. The molecule has 0 aliphatic carbocycles. The fraction of sp³-hybridized carbons (Fsp3) is 0.250.